The second-order valence-electron chi connectivity index (χ2n) is 17.2. The summed E-state index contributed by atoms with van der Waals surface area (Å²) >= 11 is 35.6. The Hall–Kier alpha value is -3.69. The lowest BCUT2D eigenvalue weighted by atomic mass is 9.98. The van der Waals surface area contributed by atoms with Crippen molar-refractivity contribution in [2.45, 2.75) is 82.6 Å². The number of hydrogen-bond donors (Lipinski definition) is 2. The number of hydrogen-bond acceptors (Lipinski definition) is 11. The van der Waals surface area contributed by atoms with Crippen LogP contribution in [0.25, 0.3) is 0 Å². The predicted molar refractivity (Wildman–Crippen MR) is 285 cm³/mol. The van der Waals surface area contributed by atoms with Gasteiger partial charge in [-0.3, -0.25) is 4.90 Å². The molecule has 0 radical (unpaired) electrons. The Bertz CT molecular complexity index is 2350. The molecule has 0 amide bonds. The van der Waals surface area contributed by atoms with Crippen LogP contribution in [0.4, 0.5) is 16.2 Å². The summed E-state index contributed by atoms with van der Waals surface area (Å²) in [5, 5.41) is 15.2. The van der Waals surface area contributed by atoms with Gasteiger partial charge < -0.3 is 43.9 Å². The first-order valence-corrected chi connectivity index (χ1v) is 25.8. The Kier molecular flexibility index (Phi) is 22.7. The number of anilines is 2. The lowest BCUT2D eigenvalue weighted by Crippen LogP contribution is -2.53. The average Bonchev–Trinajstić information content (AvgIpc) is 3.34. The van der Waals surface area contributed by atoms with Crippen molar-refractivity contribution in [3.63, 3.8) is 0 Å². The first-order valence-electron chi connectivity index (χ1n) is 23.5. The number of alkyl halides is 1. The molecular formula is C53H62Cl6N4O7. The van der Waals surface area contributed by atoms with Crippen molar-refractivity contribution in [3.05, 3.63) is 152 Å². The number of halogens is 6. The van der Waals surface area contributed by atoms with E-state index >= 15 is 0 Å². The molecule has 8 rings (SSSR count). The highest BCUT2D eigenvalue weighted by molar-refractivity contribution is 6.61. The number of aliphatic hydroxyl groups excluding tert-OH is 1. The fourth-order valence-corrected chi connectivity index (χ4v) is 9.63. The molecule has 0 spiro atoms. The molecule has 378 valence electrons. The first kappa shape index (κ1) is 55.6. The van der Waals surface area contributed by atoms with Crippen molar-refractivity contribution in [2.75, 3.05) is 69.0 Å². The third-order valence-electron chi connectivity index (χ3n) is 12.0. The summed E-state index contributed by atoms with van der Waals surface area (Å²) in [5.41, 5.74) is 4.22. The maximum absolute atomic E-state index is 9.71. The number of rotatable bonds is 15. The summed E-state index contributed by atoms with van der Waals surface area (Å²) in [6, 6.07) is 39.5. The largest absolute Gasteiger partial charge is 0.491 e. The maximum Gasteiger partial charge on any atom is 0.405 e. The zero-order valence-corrected chi connectivity index (χ0v) is 44.2. The van der Waals surface area contributed by atoms with Crippen LogP contribution >= 0.6 is 69.6 Å². The van der Waals surface area contributed by atoms with Gasteiger partial charge in [0.1, 0.15) is 24.7 Å². The molecule has 0 aliphatic carbocycles. The highest BCUT2D eigenvalue weighted by Gasteiger charge is 2.34. The van der Waals surface area contributed by atoms with Gasteiger partial charge >= 0.3 is 5.43 Å². The van der Waals surface area contributed by atoms with Gasteiger partial charge in [-0.15, -0.1) is 0 Å². The number of benzene rings is 5. The number of nitrogens with one attached hydrogen (secondary N) is 1. The van der Waals surface area contributed by atoms with E-state index in [2.05, 4.69) is 99.3 Å². The van der Waals surface area contributed by atoms with E-state index in [1.165, 1.54) is 23.6 Å². The minimum absolute atomic E-state index is 0.0205. The molecule has 3 fully saturated rings. The summed E-state index contributed by atoms with van der Waals surface area (Å²) < 4.78 is 26.9. The minimum atomic E-state index is -0.873. The minimum Gasteiger partial charge on any atom is -0.491 e. The molecule has 17 heteroatoms. The van der Waals surface area contributed by atoms with E-state index in [0.29, 0.717) is 41.1 Å². The Balaban J connectivity index is 0.000000215. The van der Waals surface area contributed by atoms with Gasteiger partial charge in [-0.1, -0.05) is 113 Å². The van der Waals surface area contributed by atoms with Gasteiger partial charge in [0.05, 0.1) is 46.7 Å². The zero-order chi connectivity index (χ0) is 50.0. The van der Waals surface area contributed by atoms with Crippen molar-refractivity contribution < 1.29 is 33.6 Å². The topological polar surface area (TPSA) is 105 Å². The second-order valence-corrected chi connectivity index (χ2v) is 19.8. The number of aliphatic hydroxyl groups is 1. The lowest BCUT2D eigenvalue weighted by molar-refractivity contribution is -0.165. The summed E-state index contributed by atoms with van der Waals surface area (Å²) in [6.45, 7) is 12.2. The number of carbonyl (C=O) groups is 1. The summed E-state index contributed by atoms with van der Waals surface area (Å²) in [4.78, 5) is 17.0. The fourth-order valence-electron chi connectivity index (χ4n) is 8.56. The molecule has 3 saturated heterocycles. The van der Waals surface area contributed by atoms with Gasteiger partial charge in [-0.05, 0) is 105 Å². The quantitative estimate of drug-likeness (QED) is 0.0595. The Morgan fingerprint density at radius 3 is 1.86 bits per heavy atom. The van der Waals surface area contributed by atoms with Crippen molar-refractivity contribution in [1.82, 2.24) is 10.2 Å². The second kappa shape index (κ2) is 28.5. The third kappa shape index (κ3) is 17.2. The van der Waals surface area contributed by atoms with Crippen LogP contribution in [0.2, 0.25) is 20.1 Å². The van der Waals surface area contributed by atoms with Crippen LogP contribution in [0, 0.1) is 0 Å². The van der Waals surface area contributed by atoms with Gasteiger partial charge in [0.15, 0.2) is 11.9 Å². The van der Waals surface area contributed by atoms with Crippen molar-refractivity contribution >= 4 is 86.4 Å². The van der Waals surface area contributed by atoms with Gasteiger partial charge in [0, 0.05) is 85.2 Å². The van der Waals surface area contributed by atoms with E-state index in [-0.39, 0.29) is 31.6 Å². The van der Waals surface area contributed by atoms with Crippen molar-refractivity contribution in [1.29, 1.82) is 0 Å². The monoisotopic (exact) mass is 1080 g/mol. The van der Waals surface area contributed by atoms with Crippen LogP contribution in [0.1, 0.15) is 68.8 Å². The molecular weight excluding hydrogens is 1020 g/mol. The summed E-state index contributed by atoms with van der Waals surface area (Å²) in [7, 11) is 0. The fraction of sp³-hybridized carbons (Fsp3) is 0.415. The summed E-state index contributed by atoms with van der Waals surface area (Å²) in [6.07, 6.45) is 3.11. The zero-order valence-electron chi connectivity index (χ0n) is 39.6. The van der Waals surface area contributed by atoms with Crippen LogP contribution in [0.15, 0.2) is 115 Å². The number of piperazine rings is 2. The smallest absolute Gasteiger partial charge is 0.405 e. The highest BCUT2D eigenvalue weighted by Crippen LogP contribution is 2.40. The predicted octanol–water partition coefficient (Wildman–Crippen LogP) is 13.2. The van der Waals surface area contributed by atoms with E-state index in [1.807, 2.05) is 48.5 Å². The standard InChI is InChI=1S/C31H36Cl2N2O3.C19H22Cl2N2O2.C3H4Cl2O2/c1-23-20-35(29-15-14-27(19-28(29)33)36-17-18-38-31-9-5-6-16-37-31)30(25-10-12-26(32)13-11-25)22-34(23)21-24-7-3-2-4-8-24;1-13-12-23(18-7-6-16(10-17(18)21)25-9-8-24)19(11-22-13)14-2-4-15(20)5-3-14;1-2(4)7-3(5)6/h2-4,7-8,10-15,19,23,30-31H,5-6,9,16-18,20-22H2,1H3;2-7,10,13,19,22,24H,8-9,11-12H2,1H3;2H,1H3/t23-,30+,31?;13-,19+;/m11./s1. The summed E-state index contributed by atoms with van der Waals surface area (Å²) in [5.74, 6) is 1.40. The van der Waals surface area contributed by atoms with Crippen LogP contribution in [0.3, 0.4) is 0 Å². The molecule has 3 heterocycles. The molecule has 0 saturated carbocycles. The van der Waals surface area contributed by atoms with E-state index in [0.717, 1.165) is 85.8 Å². The number of nitrogens with zero attached hydrogens (tertiary/aromatic N) is 3. The van der Waals surface area contributed by atoms with Crippen LogP contribution in [-0.4, -0.2) is 98.6 Å². The average molecular weight is 1080 g/mol. The van der Waals surface area contributed by atoms with Gasteiger partial charge in [-0.25, -0.2) is 4.79 Å². The van der Waals surface area contributed by atoms with Gasteiger partial charge in [-0.2, -0.15) is 0 Å². The molecule has 6 atom stereocenters. The van der Waals surface area contributed by atoms with Crippen LogP contribution < -0.4 is 24.6 Å². The van der Waals surface area contributed by atoms with E-state index in [1.54, 1.807) is 6.07 Å². The maximum atomic E-state index is 9.71. The Morgan fingerprint density at radius 1 is 0.743 bits per heavy atom. The molecule has 0 bridgehead atoms. The SMILES string of the molecule is CC(Cl)OC(=O)Cl.C[C@@H]1CN(c2ccc(OCCO)cc2Cl)[C@H](c2ccc(Cl)cc2)CN1.C[C@@H]1CN(c2ccc(OCCOC3CCCCO3)cc2Cl)[C@H](c2ccc(Cl)cc2)CN1Cc1ccccc1. The van der Waals surface area contributed by atoms with Gasteiger partial charge in [0.25, 0.3) is 0 Å². The first-order chi connectivity index (χ1) is 33.8. The highest BCUT2D eigenvalue weighted by atomic mass is 35.5. The Morgan fingerprint density at radius 2 is 1.33 bits per heavy atom. The van der Waals surface area contributed by atoms with E-state index in [4.69, 9.17) is 93.7 Å². The van der Waals surface area contributed by atoms with Crippen molar-refractivity contribution in [2.24, 2.45) is 0 Å². The molecule has 3 aliphatic rings. The molecule has 0 aromatic heterocycles. The Labute approximate surface area is 442 Å². The van der Waals surface area contributed by atoms with E-state index in [9.17, 15) is 4.79 Å². The number of ether oxygens (including phenoxy) is 5. The molecule has 2 N–H and O–H groups in total. The van der Waals surface area contributed by atoms with Crippen LogP contribution in [-0.2, 0) is 20.8 Å². The lowest BCUT2D eigenvalue weighted by Gasteiger charge is -2.47. The number of carbonyl (C=O) groups excluding carboxylic acids is 1. The molecule has 11 nitrogen and oxygen atoms in total. The molecule has 2 unspecified atom stereocenters. The van der Waals surface area contributed by atoms with E-state index < -0.39 is 11.0 Å². The molecule has 3 aliphatic heterocycles. The normalized spacial score (nSPS) is 20.8. The molecule has 5 aromatic rings. The van der Waals surface area contributed by atoms with Crippen molar-refractivity contribution in [3.8, 4) is 11.5 Å². The van der Waals surface area contributed by atoms with Crippen LogP contribution in [0.5, 0.6) is 11.5 Å². The molecule has 5 aromatic carbocycles. The third-order valence-corrected chi connectivity index (χ3v) is 13.3. The van der Waals surface area contributed by atoms with Gasteiger partial charge in [0.2, 0.25) is 0 Å². The molecule has 70 heavy (non-hydrogen) atoms.